The zero-order valence-corrected chi connectivity index (χ0v) is 23.7. The molecule has 3 atom stereocenters. The molecule has 218 valence electrons. The molecular weight excluding hydrogens is 536 g/mol. The first-order valence-electron chi connectivity index (χ1n) is 13.5. The van der Waals surface area contributed by atoms with Crippen molar-refractivity contribution in [2.75, 3.05) is 51.2 Å². The Hall–Kier alpha value is -3.03. The van der Waals surface area contributed by atoms with Gasteiger partial charge in [-0.05, 0) is 55.4 Å². The number of amides is 3. The molecular formula is C27H39ClN8O4. The number of aromatic nitrogens is 2. The van der Waals surface area contributed by atoms with E-state index in [1.807, 2.05) is 24.3 Å². The molecule has 13 heteroatoms. The summed E-state index contributed by atoms with van der Waals surface area (Å²) >= 11 is 0. The van der Waals surface area contributed by atoms with Gasteiger partial charge in [-0.25, -0.2) is 9.59 Å². The largest absolute Gasteiger partial charge is 0.395 e. The molecule has 3 heterocycles. The molecule has 0 radical (unpaired) electrons. The number of hydrogen-bond acceptors (Lipinski definition) is 8. The number of piperidine rings is 1. The Labute approximate surface area is 239 Å². The van der Waals surface area contributed by atoms with Crippen molar-refractivity contribution in [3.05, 3.63) is 52.6 Å². The Morgan fingerprint density at radius 1 is 1.07 bits per heavy atom. The molecule has 2 aliphatic heterocycles. The van der Waals surface area contributed by atoms with E-state index in [9.17, 15) is 19.5 Å². The number of urea groups is 1. The molecule has 1 aliphatic carbocycles. The molecule has 3 fully saturated rings. The average molecular weight is 575 g/mol. The van der Waals surface area contributed by atoms with Gasteiger partial charge in [-0.1, -0.05) is 12.1 Å². The van der Waals surface area contributed by atoms with Gasteiger partial charge in [0.25, 0.3) is 0 Å². The van der Waals surface area contributed by atoms with E-state index in [1.165, 1.54) is 4.57 Å². The van der Waals surface area contributed by atoms with Crippen LogP contribution in [0.4, 0.5) is 10.6 Å². The van der Waals surface area contributed by atoms with Crippen LogP contribution in [0.3, 0.4) is 0 Å². The monoisotopic (exact) mass is 574 g/mol. The number of halogens is 1. The normalized spacial score (nSPS) is 23.3. The number of nitrogens with zero attached hydrogens (tertiary/aromatic N) is 5. The molecule has 6 N–H and O–H groups in total. The van der Waals surface area contributed by atoms with Crippen LogP contribution >= 0.6 is 12.4 Å². The Bertz CT molecular complexity index is 1260. The van der Waals surface area contributed by atoms with E-state index >= 15 is 0 Å². The van der Waals surface area contributed by atoms with Crippen molar-refractivity contribution in [3.63, 3.8) is 0 Å². The minimum atomic E-state index is -0.951. The second-order valence-electron chi connectivity index (χ2n) is 11.5. The molecule has 12 nitrogen and oxygen atoms in total. The van der Waals surface area contributed by atoms with Gasteiger partial charge in [0.05, 0.1) is 17.8 Å². The average Bonchev–Trinajstić information content (AvgIpc) is 3.42. The predicted molar refractivity (Wildman–Crippen MR) is 153 cm³/mol. The van der Waals surface area contributed by atoms with Gasteiger partial charge in [-0.2, -0.15) is 4.98 Å². The number of aliphatic hydroxyl groups excluding tert-OH is 1. The van der Waals surface area contributed by atoms with Crippen molar-refractivity contribution >= 4 is 30.2 Å². The smallest absolute Gasteiger partial charge is 0.354 e. The molecule has 3 amide bonds. The molecule has 0 bridgehead atoms. The van der Waals surface area contributed by atoms with E-state index in [-0.39, 0.29) is 42.8 Å². The van der Waals surface area contributed by atoms with Crippen LogP contribution in [0.25, 0.3) is 5.69 Å². The number of anilines is 1. The van der Waals surface area contributed by atoms with Crippen molar-refractivity contribution in [3.8, 4) is 5.69 Å². The van der Waals surface area contributed by atoms with E-state index in [0.29, 0.717) is 49.6 Å². The second-order valence-corrected chi connectivity index (χ2v) is 11.5. The summed E-state index contributed by atoms with van der Waals surface area (Å²) in [5, 5.41) is 12.0. The maximum absolute atomic E-state index is 12.7. The summed E-state index contributed by atoms with van der Waals surface area (Å²) in [5.41, 5.74) is 12.3. The molecule has 2 aromatic rings. The minimum absolute atomic E-state index is 0. The van der Waals surface area contributed by atoms with Gasteiger partial charge < -0.3 is 26.4 Å². The third-order valence-corrected chi connectivity index (χ3v) is 8.11. The van der Waals surface area contributed by atoms with Crippen LogP contribution in [0.1, 0.15) is 19.4 Å². The van der Waals surface area contributed by atoms with Crippen LogP contribution in [-0.4, -0.2) is 98.8 Å². The van der Waals surface area contributed by atoms with E-state index in [4.69, 9.17) is 11.5 Å². The van der Waals surface area contributed by atoms with Gasteiger partial charge in [0, 0.05) is 58.1 Å². The maximum Gasteiger partial charge on any atom is 0.354 e. The fraction of sp³-hybridized carbons (Fsp3) is 0.556. The highest BCUT2D eigenvalue weighted by Crippen LogP contribution is 2.53. The SMILES string of the molecule is CC(C)(N)C(=O)N1CCN(C(=O)Nc2ccn(-c3ccc(CN4CC5C(C4)C5C(N)CO)cc3)c(=O)n2)CC1.Cl. The Morgan fingerprint density at radius 3 is 2.23 bits per heavy atom. The van der Waals surface area contributed by atoms with Crippen LogP contribution in [0.2, 0.25) is 0 Å². The minimum Gasteiger partial charge on any atom is -0.395 e. The van der Waals surface area contributed by atoms with Crippen LogP contribution in [-0.2, 0) is 11.3 Å². The molecule has 1 aromatic heterocycles. The van der Waals surface area contributed by atoms with Gasteiger partial charge >= 0.3 is 11.7 Å². The number of rotatable bonds is 7. The lowest BCUT2D eigenvalue weighted by Gasteiger charge is -2.37. The second kappa shape index (κ2) is 11.8. The lowest BCUT2D eigenvalue weighted by Crippen LogP contribution is -2.58. The van der Waals surface area contributed by atoms with E-state index in [2.05, 4.69) is 15.2 Å². The third kappa shape index (κ3) is 6.31. The van der Waals surface area contributed by atoms with Crippen molar-refractivity contribution in [2.24, 2.45) is 29.2 Å². The first kappa shape index (κ1) is 29.9. The topological polar surface area (TPSA) is 163 Å². The summed E-state index contributed by atoms with van der Waals surface area (Å²) in [6.45, 7) is 7.75. The molecule has 0 spiro atoms. The zero-order chi connectivity index (χ0) is 27.9. The number of nitrogens with two attached hydrogens (primary N) is 2. The summed E-state index contributed by atoms with van der Waals surface area (Å²) in [6.07, 6.45) is 1.60. The summed E-state index contributed by atoms with van der Waals surface area (Å²) in [4.78, 5) is 47.5. The van der Waals surface area contributed by atoms with Gasteiger partial charge in [-0.3, -0.25) is 19.6 Å². The van der Waals surface area contributed by atoms with Crippen LogP contribution in [0.5, 0.6) is 0 Å². The number of aliphatic hydroxyl groups is 1. The number of nitrogens with one attached hydrogen (secondary N) is 1. The summed E-state index contributed by atoms with van der Waals surface area (Å²) in [7, 11) is 0. The van der Waals surface area contributed by atoms with Gasteiger partial charge in [0.1, 0.15) is 5.82 Å². The van der Waals surface area contributed by atoms with Crippen LogP contribution in [0.15, 0.2) is 41.3 Å². The van der Waals surface area contributed by atoms with Gasteiger partial charge in [0.15, 0.2) is 0 Å². The highest BCUT2D eigenvalue weighted by Gasteiger charge is 2.57. The maximum atomic E-state index is 12.7. The first-order valence-corrected chi connectivity index (χ1v) is 13.5. The summed E-state index contributed by atoms with van der Waals surface area (Å²) < 4.78 is 1.43. The summed E-state index contributed by atoms with van der Waals surface area (Å²) in [6, 6.07) is 8.91. The quantitative estimate of drug-likeness (QED) is 0.361. The molecule has 5 rings (SSSR count). The number of piperazine rings is 1. The number of carbonyl (C=O) groups is 2. The Balaban J connectivity index is 0.00000370. The fourth-order valence-electron chi connectivity index (χ4n) is 5.94. The summed E-state index contributed by atoms with van der Waals surface area (Å²) in [5.74, 6) is 1.66. The van der Waals surface area contributed by atoms with Crippen molar-refractivity contribution in [1.82, 2.24) is 24.3 Å². The lowest BCUT2D eigenvalue weighted by atomic mass is 10.1. The van der Waals surface area contributed by atoms with E-state index < -0.39 is 11.2 Å². The molecule has 1 saturated carbocycles. The Morgan fingerprint density at radius 2 is 1.68 bits per heavy atom. The standard InChI is InChI=1S/C27H38N8O4.ClH/c1-27(2,29)24(37)33-9-11-34(12-10-33)25(38)30-22-7-8-35(26(39)31-22)18-5-3-17(4-6-18)13-32-14-19-20(15-32)23(19)21(28)16-36;/h3-8,19-21,23,36H,9-16,28-29H2,1-2H3,(H,30,31,38,39);1H. The number of hydrogen-bond donors (Lipinski definition) is 4. The predicted octanol–water partition coefficient (Wildman–Crippen LogP) is 0.0651. The zero-order valence-electron chi connectivity index (χ0n) is 22.9. The Kier molecular flexibility index (Phi) is 8.86. The van der Waals surface area contributed by atoms with Crippen molar-refractivity contribution in [1.29, 1.82) is 0 Å². The highest BCUT2D eigenvalue weighted by atomic mass is 35.5. The van der Waals surface area contributed by atoms with Crippen molar-refractivity contribution in [2.45, 2.75) is 32.0 Å². The molecule has 2 saturated heterocycles. The van der Waals surface area contributed by atoms with Crippen LogP contribution in [0, 0.1) is 17.8 Å². The molecule has 40 heavy (non-hydrogen) atoms. The van der Waals surface area contributed by atoms with Gasteiger partial charge in [-0.15, -0.1) is 12.4 Å². The first-order chi connectivity index (χ1) is 18.5. The lowest BCUT2D eigenvalue weighted by molar-refractivity contribution is -0.137. The fourth-order valence-corrected chi connectivity index (χ4v) is 5.94. The third-order valence-electron chi connectivity index (χ3n) is 8.11. The van der Waals surface area contributed by atoms with E-state index in [0.717, 1.165) is 25.2 Å². The van der Waals surface area contributed by atoms with E-state index in [1.54, 1.807) is 35.9 Å². The molecule has 1 aromatic carbocycles. The number of likely N-dealkylation sites (tertiary alicyclic amines) is 1. The highest BCUT2D eigenvalue weighted by molar-refractivity contribution is 5.89. The number of benzene rings is 1. The number of fused-ring (bicyclic) bond motifs is 1. The molecule has 3 unspecified atom stereocenters. The van der Waals surface area contributed by atoms with Crippen LogP contribution < -0.4 is 22.5 Å². The van der Waals surface area contributed by atoms with Crippen molar-refractivity contribution < 1.29 is 14.7 Å². The molecule has 3 aliphatic rings. The van der Waals surface area contributed by atoms with Gasteiger partial charge in [0.2, 0.25) is 5.91 Å². The number of carbonyl (C=O) groups excluding carboxylic acids is 2.